The van der Waals surface area contributed by atoms with Gasteiger partial charge in [0.15, 0.2) is 6.29 Å². The average Bonchev–Trinajstić information content (AvgIpc) is 2.73. The highest BCUT2D eigenvalue weighted by molar-refractivity contribution is 5.34. The third kappa shape index (κ3) is 2.09. The molecule has 0 amide bonds. The van der Waals surface area contributed by atoms with Crippen molar-refractivity contribution in [1.82, 2.24) is 0 Å². The SMILES string of the molecule is CC(O)OC12CC(CCC1(C)C1(C)CCC3CC1(C1(C)CCC4CC1C4(C)C)C3(C)C)C2(C)C. The topological polar surface area (TPSA) is 29.5 Å². The first kappa shape index (κ1) is 24.3. The Labute approximate surface area is 210 Å². The van der Waals surface area contributed by atoms with E-state index in [1.807, 2.05) is 6.92 Å². The monoisotopic (exact) mass is 470 g/mol. The minimum atomic E-state index is -0.695. The molecule has 0 aromatic carbocycles. The fourth-order valence-electron chi connectivity index (χ4n) is 13.7. The molecule has 9 aliphatic rings. The molecule has 0 spiro atoms. The first-order valence-electron chi connectivity index (χ1n) is 14.8. The summed E-state index contributed by atoms with van der Waals surface area (Å²) in [4.78, 5) is 0. The molecule has 10 atom stereocenters. The van der Waals surface area contributed by atoms with Gasteiger partial charge in [-0.05, 0) is 121 Å². The normalized spacial score (nSPS) is 58.7. The molecule has 34 heavy (non-hydrogen) atoms. The summed E-state index contributed by atoms with van der Waals surface area (Å²) in [7, 11) is 0. The van der Waals surface area contributed by atoms with E-state index in [4.69, 9.17) is 4.74 Å². The fourth-order valence-corrected chi connectivity index (χ4v) is 13.7. The van der Waals surface area contributed by atoms with Crippen molar-refractivity contribution in [2.45, 2.75) is 139 Å². The molecular formula is C32H54O2. The molecule has 194 valence electrons. The Bertz CT molecular complexity index is 899. The molecule has 6 bridgehead atoms. The first-order chi connectivity index (χ1) is 15.5. The Morgan fingerprint density at radius 2 is 1.26 bits per heavy atom. The zero-order valence-electron chi connectivity index (χ0n) is 24.1. The maximum Gasteiger partial charge on any atom is 0.152 e. The molecule has 0 radical (unpaired) electrons. The van der Waals surface area contributed by atoms with Crippen molar-refractivity contribution in [2.24, 2.45) is 61.6 Å². The molecule has 0 aromatic heterocycles. The number of aliphatic hydroxyl groups excluding tert-OH is 1. The molecule has 0 aliphatic heterocycles. The van der Waals surface area contributed by atoms with E-state index in [2.05, 4.69) is 62.3 Å². The van der Waals surface area contributed by atoms with Crippen LogP contribution in [0.25, 0.3) is 0 Å². The summed E-state index contributed by atoms with van der Waals surface area (Å²) in [5, 5.41) is 10.7. The molecule has 9 rings (SSSR count). The van der Waals surface area contributed by atoms with Crippen molar-refractivity contribution < 1.29 is 9.84 Å². The Kier molecular flexibility index (Phi) is 4.50. The highest BCUT2D eigenvalue weighted by Crippen LogP contribution is 2.90. The van der Waals surface area contributed by atoms with Crippen molar-refractivity contribution in [1.29, 1.82) is 0 Å². The van der Waals surface area contributed by atoms with Crippen molar-refractivity contribution >= 4 is 0 Å². The lowest BCUT2D eigenvalue weighted by Crippen LogP contribution is -2.84. The zero-order chi connectivity index (χ0) is 25.0. The van der Waals surface area contributed by atoms with Gasteiger partial charge < -0.3 is 9.84 Å². The summed E-state index contributed by atoms with van der Waals surface area (Å²) in [6.07, 6.45) is 11.5. The van der Waals surface area contributed by atoms with Gasteiger partial charge >= 0.3 is 0 Å². The third-order valence-electron chi connectivity index (χ3n) is 15.9. The predicted molar refractivity (Wildman–Crippen MR) is 139 cm³/mol. The van der Waals surface area contributed by atoms with Crippen LogP contribution >= 0.6 is 0 Å². The molecule has 2 heteroatoms. The van der Waals surface area contributed by atoms with Crippen LogP contribution in [-0.2, 0) is 4.74 Å². The van der Waals surface area contributed by atoms with Crippen LogP contribution in [0.2, 0.25) is 0 Å². The Hall–Kier alpha value is -0.0800. The maximum absolute atomic E-state index is 10.7. The van der Waals surface area contributed by atoms with Crippen LogP contribution < -0.4 is 0 Å². The van der Waals surface area contributed by atoms with E-state index in [-0.39, 0.29) is 21.8 Å². The second-order valence-electron chi connectivity index (χ2n) is 16.7. The Morgan fingerprint density at radius 3 is 1.76 bits per heavy atom. The van der Waals surface area contributed by atoms with Crippen LogP contribution in [0.4, 0.5) is 0 Å². The summed E-state index contributed by atoms with van der Waals surface area (Å²) >= 11 is 0. The smallest absolute Gasteiger partial charge is 0.152 e. The molecule has 0 aromatic rings. The summed E-state index contributed by atoms with van der Waals surface area (Å²) in [5.74, 6) is 3.40. The number of fused-ring (bicyclic) bond motifs is 7. The van der Waals surface area contributed by atoms with E-state index in [9.17, 15) is 5.11 Å². The first-order valence-corrected chi connectivity index (χ1v) is 14.8. The molecule has 0 saturated heterocycles. The van der Waals surface area contributed by atoms with Gasteiger partial charge in [0.2, 0.25) is 0 Å². The number of rotatable bonds is 4. The van der Waals surface area contributed by atoms with Crippen LogP contribution in [0.3, 0.4) is 0 Å². The van der Waals surface area contributed by atoms with Crippen molar-refractivity contribution in [3.8, 4) is 0 Å². The van der Waals surface area contributed by atoms with E-state index in [0.717, 1.165) is 30.1 Å². The van der Waals surface area contributed by atoms with Gasteiger partial charge in [-0.15, -0.1) is 0 Å². The highest BCUT2D eigenvalue weighted by atomic mass is 16.6. The fraction of sp³-hybridized carbons (Fsp3) is 1.00. The van der Waals surface area contributed by atoms with E-state index < -0.39 is 6.29 Å². The van der Waals surface area contributed by atoms with Gasteiger partial charge in [-0.25, -0.2) is 0 Å². The van der Waals surface area contributed by atoms with E-state index >= 15 is 0 Å². The standard InChI is InChI=1S/C32H54O2/c1-20(33)34-32-19-23(27(32,6)7)13-16-30(32,10)29(9)15-12-22-18-31(29,26(22,4)5)28(8)14-11-21-17-24(28)25(21,2)3/h20-24,33H,11-19H2,1-10H3. The zero-order valence-corrected chi connectivity index (χ0v) is 24.1. The molecule has 2 nitrogen and oxygen atoms in total. The Morgan fingerprint density at radius 1 is 0.706 bits per heavy atom. The lowest BCUT2D eigenvalue weighted by molar-refractivity contribution is -0.429. The molecule has 9 fully saturated rings. The second kappa shape index (κ2) is 6.31. The Balaban J connectivity index is 1.55. The molecule has 10 unspecified atom stereocenters. The molecule has 9 saturated carbocycles. The van der Waals surface area contributed by atoms with Crippen molar-refractivity contribution in [3.05, 3.63) is 0 Å². The van der Waals surface area contributed by atoms with Gasteiger partial charge in [-0.3, -0.25) is 0 Å². The number of ether oxygens (including phenoxy) is 1. The van der Waals surface area contributed by atoms with Crippen LogP contribution in [0.1, 0.15) is 127 Å². The maximum atomic E-state index is 10.7. The second-order valence-corrected chi connectivity index (χ2v) is 16.7. The molecule has 0 heterocycles. The van der Waals surface area contributed by atoms with Crippen LogP contribution in [0, 0.1) is 61.6 Å². The molecule has 9 aliphatic carbocycles. The lowest BCUT2D eigenvalue weighted by atomic mass is 9.17. The van der Waals surface area contributed by atoms with Crippen molar-refractivity contribution in [2.75, 3.05) is 0 Å². The van der Waals surface area contributed by atoms with Gasteiger partial charge in [-0.2, -0.15) is 0 Å². The van der Waals surface area contributed by atoms with E-state index in [1.165, 1.54) is 51.4 Å². The largest absolute Gasteiger partial charge is 0.368 e. The summed E-state index contributed by atoms with van der Waals surface area (Å²) < 4.78 is 6.83. The molecule has 1 N–H and O–H groups in total. The van der Waals surface area contributed by atoms with E-state index in [1.54, 1.807) is 0 Å². The number of hydrogen-bond donors (Lipinski definition) is 1. The summed E-state index contributed by atoms with van der Waals surface area (Å²) in [5.41, 5.74) is 1.77. The summed E-state index contributed by atoms with van der Waals surface area (Å²) in [6, 6.07) is 0. The number of hydrogen-bond acceptors (Lipinski definition) is 2. The minimum Gasteiger partial charge on any atom is -0.368 e. The quantitative estimate of drug-likeness (QED) is 0.419. The van der Waals surface area contributed by atoms with Crippen LogP contribution in [-0.4, -0.2) is 17.0 Å². The molecular weight excluding hydrogens is 416 g/mol. The number of aliphatic hydroxyl groups is 1. The van der Waals surface area contributed by atoms with Gasteiger partial charge in [-0.1, -0.05) is 62.3 Å². The highest BCUT2D eigenvalue weighted by Gasteiger charge is 2.86. The third-order valence-corrected chi connectivity index (χ3v) is 15.9. The summed E-state index contributed by atoms with van der Waals surface area (Å²) in [6.45, 7) is 25.5. The van der Waals surface area contributed by atoms with E-state index in [0.29, 0.717) is 21.7 Å². The minimum absolute atomic E-state index is 0.0750. The predicted octanol–water partition coefficient (Wildman–Crippen LogP) is 8.22. The van der Waals surface area contributed by atoms with Gasteiger partial charge in [0.05, 0.1) is 5.60 Å². The van der Waals surface area contributed by atoms with Crippen LogP contribution in [0.15, 0.2) is 0 Å². The van der Waals surface area contributed by atoms with Crippen molar-refractivity contribution in [3.63, 3.8) is 0 Å². The van der Waals surface area contributed by atoms with Gasteiger partial charge in [0, 0.05) is 5.41 Å². The average molecular weight is 471 g/mol. The lowest BCUT2D eigenvalue weighted by Gasteiger charge is -2.88. The van der Waals surface area contributed by atoms with Gasteiger partial charge in [0.25, 0.3) is 0 Å². The van der Waals surface area contributed by atoms with Crippen LogP contribution in [0.5, 0.6) is 0 Å². The van der Waals surface area contributed by atoms with Gasteiger partial charge in [0.1, 0.15) is 0 Å².